The molecule has 2 heterocycles. The molecule has 0 bridgehead atoms. The Bertz CT molecular complexity index is 318. The molecule has 4 heteroatoms. The maximum atomic E-state index is 11.7. The second-order valence-corrected chi connectivity index (χ2v) is 5.07. The first-order valence-corrected chi connectivity index (χ1v) is 6.64. The average Bonchev–Trinajstić information content (AvgIpc) is 2.83. The number of hydrogen-bond acceptors (Lipinski definition) is 4. The summed E-state index contributed by atoms with van der Waals surface area (Å²) in [5.41, 5.74) is 0. The third kappa shape index (κ3) is 3.32. The number of hydrogen-bond donors (Lipinski definition) is 1. The van der Waals surface area contributed by atoms with Crippen molar-refractivity contribution in [2.24, 2.45) is 5.92 Å². The van der Waals surface area contributed by atoms with E-state index in [9.17, 15) is 4.79 Å². The Hall–Kier alpha value is -0.870. The summed E-state index contributed by atoms with van der Waals surface area (Å²) in [6, 6.07) is 4.09. The van der Waals surface area contributed by atoms with Crippen LogP contribution in [0.2, 0.25) is 0 Å². The van der Waals surface area contributed by atoms with Crippen molar-refractivity contribution in [1.29, 1.82) is 0 Å². The SMILES string of the molecule is O=C(OCCc1cccs1)[C@H]1CCCNC1. The number of nitrogens with one attached hydrogen (secondary N) is 1. The molecule has 3 nitrogen and oxygen atoms in total. The van der Waals surface area contributed by atoms with Crippen molar-refractivity contribution in [3.63, 3.8) is 0 Å². The lowest BCUT2D eigenvalue weighted by Gasteiger charge is -2.20. The van der Waals surface area contributed by atoms with Gasteiger partial charge in [-0.15, -0.1) is 11.3 Å². The van der Waals surface area contributed by atoms with Gasteiger partial charge < -0.3 is 10.1 Å². The van der Waals surface area contributed by atoms with Crippen LogP contribution in [-0.2, 0) is 16.0 Å². The summed E-state index contributed by atoms with van der Waals surface area (Å²) < 4.78 is 5.28. The summed E-state index contributed by atoms with van der Waals surface area (Å²) in [7, 11) is 0. The highest BCUT2D eigenvalue weighted by atomic mass is 32.1. The van der Waals surface area contributed by atoms with Crippen molar-refractivity contribution in [3.8, 4) is 0 Å². The van der Waals surface area contributed by atoms with Crippen molar-refractivity contribution in [1.82, 2.24) is 5.32 Å². The summed E-state index contributed by atoms with van der Waals surface area (Å²) in [6.07, 6.45) is 2.87. The number of piperidine rings is 1. The van der Waals surface area contributed by atoms with Crippen molar-refractivity contribution < 1.29 is 9.53 Å². The van der Waals surface area contributed by atoms with Crippen LogP contribution in [-0.4, -0.2) is 25.7 Å². The van der Waals surface area contributed by atoms with Gasteiger partial charge >= 0.3 is 5.97 Å². The maximum Gasteiger partial charge on any atom is 0.310 e. The first kappa shape index (κ1) is 11.6. The molecule has 0 aromatic carbocycles. The molecule has 88 valence electrons. The van der Waals surface area contributed by atoms with E-state index in [1.165, 1.54) is 4.88 Å². The second-order valence-electron chi connectivity index (χ2n) is 4.04. The zero-order chi connectivity index (χ0) is 11.2. The second kappa shape index (κ2) is 6.01. The lowest BCUT2D eigenvalue weighted by Crippen LogP contribution is -2.35. The molecule has 2 rings (SSSR count). The van der Waals surface area contributed by atoms with Crippen LogP contribution in [0.1, 0.15) is 17.7 Å². The minimum atomic E-state index is -0.0382. The number of carbonyl (C=O) groups is 1. The van der Waals surface area contributed by atoms with Crippen molar-refractivity contribution in [2.75, 3.05) is 19.7 Å². The molecule has 0 spiro atoms. The van der Waals surface area contributed by atoms with Gasteiger partial charge in [-0.1, -0.05) is 6.07 Å². The molecular formula is C12H17NO2S. The van der Waals surface area contributed by atoms with Gasteiger partial charge in [-0.3, -0.25) is 4.79 Å². The largest absolute Gasteiger partial charge is 0.465 e. The monoisotopic (exact) mass is 239 g/mol. The van der Waals surface area contributed by atoms with Gasteiger partial charge in [-0.05, 0) is 30.8 Å². The van der Waals surface area contributed by atoms with Gasteiger partial charge in [0.1, 0.15) is 0 Å². The van der Waals surface area contributed by atoms with E-state index in [2.05, 4.69) is 11.4 Å². The highest BCUT2D eigenvalue weighted by Crippen LogP contribution is 2.13. The smallest absolute Gasteiger partial charge is 0.310 e. The zero-order valence-electron chi connectivity index (χ0n) is 9.28. The number of ether oxygens (including phenoxy) is 1. The van der Waals surface area contributed by atoms with Crippen LogP contribution in [0.3, 0.4) is 0 Å². The quantitative estimate of drug-likeness (QED) is 0.815. The molecule has 1 aliphatic rings. The topological polar surface area (TPSA) is 38.3 Å². The highest BCUT2D eigenvalue weighted by Gasteiger charge is 2.21. The van der Waals surface area contributed by atoms with E-state index in [-0.39, 0.29) is 11.9 Å². The van der Waals surface area contributed by atoms with E-state index >= 15 is 0 Å². The van der Waals surface area contributed by atoms with E-state index in [1.807, 2.05) is 11.4 Å². The molecule has 1 N–H and O–H groups in total. The van der Waals surface area contributed by atoms with E-state index in [0.717, 1.165) is 32.4 Å². The summed E-state index contributed by atoms with van der Waals surface area (Å²) in [5, 5.41) is 5.26. The summed E-state index contributed by atoms with van der Waals surface area (Å²) >= 11 is 1.71. The van der Waals surface area contributed by atoms with Crippen LogP contribution in [0.15, 0.2) is 17.5 Å². The van der Waals surface area contributed by atoms with Crippen molar-refractivity contribution >= 4 is 17.3 Å². The fourth-order valence-electron chi connectivity index (χ4n) is 1.88. The van der Waals surface area contributed by atoms with Gasteiger partial charge in [0.05, 0.1) is 12.5 Å². The fraction of sp³-hybridized carbons (Fsp3) is 0.583. The third-order valence-electron chi connectivity index (χ3n) is 2.80. The number of esters is 1. The normalized spacial score (nSPS) is 20.6. The van der Waals surface area contributed by atoms with Gasteiger partial charge in [-0.2, -0.15) is 0 Å². The minimum absolute atomic E-state index is 0.0382. The Morgan fingerprint density at radius 3 is 3.25 bits per heavy atom. The summed E-state index contributed by atoms with van der Waals surface area (Å²) in [5.74, 6) is 0.0286. The average molecular weight is 239 g/mol. The number of carbonyl (C=O) groups excluding carboxylic acids is 1. The lowest BCUT2D eigenvalue weighted by molar-refractivity contribution is -0.149. The van der Waals surface area contributed by atoms with E-state index in [4.69, 9.17) is 4.74 Å². The van der Waals surface area contributed by atoms with Crippen LogP contribution < -0.4 is 5.32 Å². The molecular weight excluding hydrogens is 222 g/mol. The maximum absolute atomic E-state index is 11.7. The van der Waals surface area contributed by atoms with Gasteiger partial charge in [0.25, 0.3) is 0 Å². The Kier molecular flexibility index (Phi) is 4.36. The summed E-state index contributed by atoms with van der Waals surface area (Å²) in [6.45, 7) is 2.31. The molecule has 16 heavy (non-hydrogen) atoms. The molecule has 0 amide bonds. The molecule has 1 aromatic rings. The van der Waals surface area contributed by atoms with Gasteiger partial charge in [0.2, 0.25) is 0 Å². The molecule has 1 atom stereocenters. The molecule has 1 fully saturated rings. The third-order valence-corrected chi connectivity index (χ3v) is 3.74. The predicted octanol–water partition coefficient (Wildman–Crippen LogP) is 1.83. The first-order valence-electron chi connectivity index (χ1n) is 5.76. The fourth-order valence-corrected chi connectivity index (χ4v) is 2.57. The standard InChI is InChI=1S/C12H17NO2S/c14-12(10-3-1-6-13-9-10)15-7-5-11-4-2-8-16-11/h2,4,8,10,13H,1,3,5-7,9H2/t10-/m0/s1. The van der Waals surface area contributed by atoms with Crippen LogP contribution >= 0.6 is 11.3 Å². The number of rotatable bonds is 4. The van der Waals surface area contributed by atoms with Crippen LogP contribution in [0.5, 0.6) is 0 Å². The van der Waals surface area contributed by atoms with Crippen LogP contribution in [0.4, 0.5) is 0 Å². The molecule has 1 aliphatic heterocycles. The summed E-state index contributed by atoms with van der Waals surface area (Å²) in [4.78, 5) is 12.9. The molecule has 1 saturated heterocycles. The van der Waals surface area contributed by atoms with Crippen molar-refractivity contribution in [3.05, 3.63) is 22.4 Å². The van der Waals surface area contributed by atoms with Crippen molar-refractivity contribution in [2.45, 2.75) is 19.3 Å². The Balaban J connectivity index is 1.67. The zero-order valence-corrected chi connectivity index (χ0v) is 10.1. The molecule has 0 aliphatic carbocycles. The van der Waals surface area contributed by atoms with Crippen LogP contribution in [0.25, 0.3) is 0 Å². The molecule has 1 aromatic heterocycles. The lowest BCUT2D eigenvalue weighted by atomic mass is 10.0. The first-order chi connectivity index (χ1) is 7.86. The molecule has 0 unspecified atom stereocenters. The van der Waals surface area contributed by atoms with E-state index in [0.29, 0.717) is 6.61 Å². The minimum Gasteiger partial charge on any atom is -0.465 e. The highest BCUT2D eigenvalue weighted by molar-refractivity contribution is 7.09. The van der Waals surface area contributed by atoms with Crippen LogP contribution in [0, 0.1) is 5.92 Å². The van der Waals surface area contributed by atoms with E-state index < -0.39 is 0 Å². The van der Waals surface area contributed by atoms with Gasteiger partial charge in [0.15, 0.2) is 0 Å². The Morgan fingerprint density at radius 1 is 1.62 bits per heavy atom. The van der Waals surface area contributed by atoms with Gasteiger partial charge in [-0.25, -0.2) is 0 Å². The van der Waals surface area contributed by atoms with Gasteiger partial charge in [0, 0.05) is 17.8 Å². The predicted molar refractivity (Wildman–Crippen MR) is 64.6 cm³/mol. The molecule has 0 radical (unpaired) electrons. The molecule has 0 saturated carbocycles. The van der Waals surface area contributed by atoms with E-state index in [1.54, 1.807) is 11.3 Å². The number of thiophene rings is 1. The Labute approximate surface area is 99.8 Å². The Morgan fingerprint density at radius 2 is 2.56 bits per heavy atom.